The third-order valence-electron chi connectivity index (χ3n) is 6.13. The van der Waals surface area contributed by atoms with Crippen molar-refractivity contribution in [3.8, 4) is 5.75 Å². The number of carbonyl (C=O) groups is 1. The van der Waals surface area contributed by atoms with E-state index in [1.54, 1.807) is 18.2 Å². The van der Waals surface area contributed by atoms with E-state index in [1.807, 2.05) is 29.2 Å². The van der Waals surface area contributed by atoms with Crippen molar-refractivity contribution in [1.82, 2.24) is 9.80 Å². The van der Waals surface area contributed by atoms with E-state index in [-0.39, 0.29) is 12.0 Å². The number of hydrogen-bond donors (Lipinski definition) is 1. The van der Waals surface area contributed by atoms with E-state index < -0.39 is 0 Å². The second-order valence-electron chi connectivity index (χ2n) is 8.04. The number of benzene rings is 2. The van der Waals surface area contributed by atoms with Crippen molar-refractivity contribution in [2.45, 2.75) is 37.8 Å². The minimum Gasteiger partial charge on any atom is -0.490 e. The molecule has 1 amide bonds. The zero-order chi connectivity index (χ0) is 21.1. The van der Waals surface area contributed by atoms with Crippen LogP contribution in [0, 0.1) is 0 Å². The Bertz CT molecular complexity index is 892. The molecule has 0 aromatic heterocycles. The van der Waals surface area contributed by atoms with Gasteiger partial charge in [0.2, 0.25) is 0 Å². The van der Waals surface area contributed by atoms with Crippen molar-refractivity contribution >= 4 is 34.8 Å². The molecule has 2 aliphatic heterocycles. The fraction of sp³-hybridized carbons (Fsp3) is 0.435. The van der Waals surface area contributed by atoms with Gasteiger partial charge in [0.1, 0.15) is 11.9 Å². The van der Waals surface area contributed by atoms with Crippen LogP contribution >= 0.6 is 23.2 Å². The third-order valence-corrected chi connectivity index (χ3v) is 6.87. The van der Waals surface area contributed by atoms with Gasteiger partial charge in [-0.3, -0.25) is 9.69 Å². The average molecular weight is 448 g/mol. The van der Waals surface area contributed by atoms with Crippen LogP contribution in [0.25, 0.3) is 0 Å². The highest BCUT2D eigenvalue weighted by Crippen LogP contribution is 2.29. The van der Waals surface area contributed by atoms with Crippen molar-refractivity contribution in [2.24, 2.45) is 0 Å². The summed E-state index contributed by atoms with van der Waals surface area (Å²) in [5.74, 6) is 0.815. The summed E-state index contributed by atoms with van der Waals surface area (Å²) >= 11 is 12.1. The lowest BCUT2D eigenvalue weighted by Gasteiger charge is -2.41. The second-order valence-corrected chi connectivity index (χ2v) is 8.85. The Hall–Kier alpha value is -1.95. The molecule has 2 heterocycles. The van der Waals surface area contributed by atoms with Gasteiger partial charge in [-0.2, -0.15) is 0 Å². The number of amides is 1. The van der Waals surface area contributed by atoms with E-state index in [9.17, 15) is 4.79 Å². The minimum atomic E-state index is 0.0419. The zero-order valence-electron chi connectivity index (χ0n) is 16.9. The summed E-state index contributed by atoms with van der Waals surface area (Å²) in [4.78, 5) is 17.2. The van der Waals surface area contributed by atoms with Crippen LogP contribution in [0.2, 0.25) is 10.0 Å². The Labute approximate surface area is 187 Å². The Balaban J connectivity index is 1.25. The SMILES string of the molecule is Nc1ccccc1C(=O)N1CCC(N2CCC(Oc3ccc(Cl)c(Cl)c3)CC2)CC1. The van der Waals surface area contributed by atoms with Crippen molar-refractivity contribution < 1.29 is 9.53 Å². The lowest BCUT2D eigenvalue weighted by atomic mass is 9.98. The number of likely N-dealkylation sites (tertiary alicyclic amines) is 2. The van der Waals surface area contributed by atoms with Crippen LogP contribution in [0.1, 0.15) is 36.0 Å². The lowest BCUT2D eigenvalue weighted by molar-refractivity contribution is 0.0426. The molecule has 7 heteroatoms. The van der Waals surface area contributed by atoms with Crippen LogP contribution in [-0.4, -0.2) is 54.0 Å². The van der Waals surface area contributed by atoms with Gasteiger partial charge in [-0.1, -0.05) is 35.3 Å². The molecule has 0 saturated carbocycles. The van der Waals surface area contributed by atoms with Crippen molar-refractivity contribution in [1.29, 1.82) is 0 Å². The molecule has 4 rings (SSSR count). The number of halogens is 2. The molecule has 0 bridgehead atoms. The summed E-state index contributed by atoms with van der Waals surface area (Å²) in [5, 5.41) is 1.06. The van der Waals surface area contributed by atoms with Crippen molar-refractivity contribution in [3.05, 3.63) is 58.1 Å². The minimum absolute atomic E-state index is 0.0419. The van der Waals surface area contributed by atoms with E-state index in [2.05, 4.69) is 4.90 Å². The molecule has 0 aliphatic carbocycles. The van der Waals surface area contributed by atoms with Gasteiger partial charge in [0.05, 0.1) is 15.6 Å². The molecule has 0 spiro atoms. The maximum atomic E-state index is 12.8. The van der Waals surface area contributed by atoms with E-state index in [4.69, 9.17) is 33.7 Å². The molecule has 2 saturated heterocycles. The average Bonchev–Trinajstić information content (AvgIpc) is 2.77. The number of hydrogen-bond acceptors (Lipinski definition) is 4. The number of anilines is 1. The van der Waals surface area contributed by atoms with E-state index >= 15 is 0 Å². The highest BCUT2D eigenvalue weighted by atomic mass is 35.5. The van der Waals surface area contributed by atoms with Gasteiger partial charge < -0.3 is 15.4 Å². The first kappa shape index (κ1) is 21.3. The molecule has 2 N–H and O–H groups in total. The van der Waals surface area contributed by atoms with Crippen LogP contribution in [-0.2, 0) is 0 Å². The highest BCUT2D eigenvalue weighted by Gasteiger charge is 2.30. The predicted molar refractivity (Wildman–Crippen MR) is 121 cm³/mol. The Kier molecular flexibility index (Phi) is 6.71. The Morgan fingerprint density at radius 2 is 1.63 bits per heavy atom. The number of piperidine rings is 2. The molecular formula is C23H27Cl2N3O2. The summed E-state index contributed by atoms with van der Waals surface area (Å²) in [7, 11) is 0. The molecule has 30 heavy (non-hydrogen) atoms. The second kappa shape index (κ2) is 9.46. The molecule has 2 aromatic carbocycles. The standard InChI is InChI=1S/C23H27Cl2N3O2/c24-20-6-5-18(15-21(20)25)30-17-9-13-27(14-10-17)16-7-11-28(12-8-16)23(29)19-3-1-2-4-22(19)26/h1-6,15-17H,7-14,26H2. The first-order chi connectivity index (χ1) is 14.5. The number of rotatable bonds is 4. The summed E-state index contributed by atoms with van der Waals surface area (Å²) in [6.45, 7) is 3.57. The maximum Gasteiger partial charge on any atom is 0.255 e. The molecule has 5 nitrogen and oxygen atoms in total. The number of carbonyl (C=O) groups excluding carboxylic acids is 1. The number of nitrogens with zero attached hydrogens (tertiary/aromatic N) is 2. The summed E-state index contributed by atoms with van der Waals surface area (Å²) in [6.07, 6.45) is 4.16. The van der Waals surface area contributed by atoms with Gasteiger partial charge in [-0.05, 0) is 49.9 Å². The summed E-state index contributed by atoms with van der Waals surface area (Å²) in [5.41, 5.74) is 7.13. The van der Waals surface area contributed by atoms with E-state index in [0.717, 1.165) is 57.6 Å². The number of nitrogens with two attached hydrogens (primary N) is 1. The normalized spacial score (nSPS) is 19.1. The fourth-order valence-electron chi connectivity index (χ4n) is 4.40. The first-order valence-corrected chi connectivity index (χ1v) is 11.3. The third kappa shape index (κ3) is 4.85. The number of ether oxygens (including phenoxy) is 1. The fourth-order valence-corrected chi connectivity index (χ4v) is 4.69. The smallest absolute Gasteiger partial charge is 0.255 e. The maximum absolute atomic E-state index is 12.8. The first-order valence-electron chi connectivity index (χ1n) is 10.5. The van der Waals surface area contributed by atoms with Gasteiger partial charge >= 0.3 is 0 Å². The molecule has 0 unspecified atom stereocenters. The van der Waals surface area contributed by atoms with Gasteiger partial charge in [-0.25, -0.2) is 0 Å². The van der Waals surface area contributed by atoms with Gasteiger partial charge in [0.15, 0.2) is 0 Å². The highest BCUT2D eigenvalue weighted by molar-refractivity contribution is 6.42. The van der Waals surface area contributed by atoms with Crippen LogP contribution in [0.4, 0.5) is 5.69 Å². The van der Waals surface area contributed by atoms with Crippen LogP contribution < -0.4 is 10.5 Å². The van der Waals surface area contributed by atoms with Crippen LogP contribution in [0.15, 0.2) is 42.5 Å². The molecule has 0 atom stereocenters. The van der Waals surface area contributed by atoms with Crippen LogP contribution in [0.5, 0.6) is 5.75 Å². The molecule has 160 valence electrons. The van der Waals surface area contributed by atoms with Crippen molar-refractivity contribution in [3.63, 3.8) is 0 Å². The zero-order valence-corrected chi connectivity index (χ0v) is 18.4. The van der Waals surface area contributed by atoms with E-state index in [1.165, 1.54) is 0 Å². The lowest BCUT2D eigenvalue weighted by Crippen LogP contribution is -2.50. The predicted octanol–water partition coefficient (Wildman–Crippen LogP) is 4.72. The largest absolute Gasteiger partial charge is 0.490 e. The molecule has 0 radical (unpaired) electrons. The molecular weight excluding hydrogens is 421 g/mol. The topological polar surface area (TPSA) is 58.8 Å². The van der Waals surface area contributed by atoms with Gasteiger partial charge in [-0.15, -0.1) is 0 Å². The summed E-state index contributed by atoms with van der Waals surface area (Å²) < 4.78 is 6.10. The number of nitrogen functional groups attached to an aromatic ring is 1. The van der Waals surface area contributed by atoms with Crippen molar-refractivity contribution in [2.75, 3.05) is 31.9 Å². The quantitative estimate of drug-likeness (QED) is 0.688. The Morgan fingerprint density at radius 3 is 2.30 bits per heavy atom. The summed E-state index contributed by atoms with van der Waals surface area (Å²) in [6, 6.07) is 13.2. The monoisotopic (exact) mass is 447 g/mol. The van der Waals surface area contributed by atoms with Gasteiger partial charge in [0.25, 0.3) is 5.91 Å². The Morgan fingerprint density at radius 1 is 0.933 bits per heavy atom. The number of para-hydroxylation sites is 1. The van der Waals surface area contributed by atoms with Crippen LogP contribution in [0.3, 0.4) is 0 Å². The molecule has 2 fully saturated rings. The van der Waals surface area contributed by atoms with Gasteiger partial charge in [0, 0.05) is 44.0 Å². The molecule has 2 aromatic rings. The van der Waals surface area contributed by atoms with E-state index in [0.29, 0.717) is 27.3 Å². The molecule has 2 aliphatic rings.